The number of hydrogen-bond donors (Lipinski definition) is 1. The van der Waals surface area contributed by atoms with Crippen LogP contribution in [-0.2, 0) is 11.2 Å². The van der Waals surface area contributed by atoms with Crippen LogP contribution in [0.3, 0.4) is 0 Å². The zero-order valence-corrected chi connectivity index (χ0v) is 10.3. The topological polar surface area (TPSA) is 29.5 Å². The summed E-state index contributed by atoms with van der Waals surface area (Å²) in [6.07, 6.45) is 5.90. The molecule has 1 aromatic carbocycles. The van der Waals surface area contributed by atoms with Gasteiger partial charge >= 0.3 is 0 Å². The van der Waals surface area contributed by atoms with E-state index in [0.29, 0.717) is 18.6 Å². The molecular weight excluding hydrogens is 212 g/mol. The van der Waals surface area contributed by atoms with Crippen LogP contribution in [-0.4, -0.2) is 24.4 Å². The van der Waals surface area contributed by atoms with Crippen LogP contribution in [0.25, 0.3) is 0 Å². The molecule has 2 nitrogen and oxygen atoms in total. The van der Waals surface area contributed by atoms with Crippen LogP contribution in [0.4, 0.5) is 0 Å². The van der Waals surface area contributed by atoms with E-state index >= 15 is 0 Å². The Kier molecular flexibility index (Phi) is 5.02. The summed E-state index contributed by atoms with van der Waals surface area (Å²) in [5.41, 5.74) is 1.34. The molecule has 1 fully saturated rings. The van der Waals surface area contributed by atoms with Crippen LogP contribution in [0.5, 0.6) is 0 Å². The first-order valence-electron chi connectivity index (χ1n) is 6.65. The molecule has 0 saturated heterocycles. The highest BCUT2D eigenvalue weighted by atomic mass is 16.5. The Bertz CT molecular complexity index is 310. The quantitative estimate of drug-likeness (QED) is 0.849. The van der Waals surface area contributed by atoms with E-state index in [9.17, 15) is 0 Å². The predicted octanol–water partition coefficient (Wildman–Crippen LogP) is 2.80. The molecule has 2 heteroatoms. The van der Waals surface area contributed by atoms with Gasteiger partial charge in [0.05, 0.1) is 12.7 Å². The van der Waals surface area contributed by atoms with Gasteiger partial charge in [-0.1, -0.05) is 36.8 Å². The Morgan fingerprint density at radius 1 is 1.18 bits per heavy atom. The van der Waals surface area contributed by atoms with Crippen molar-refractivity contribution in [3.05, 3.63) is 35.9 Å². The lowest BCUT2D eigenvalue weighted by molar-refractivity contribution is 0.00512. The number of rotatable bonds is 5. The fourth-order valence-corrected chi connectivity index (χ4v) is 2.55. The van der Waals surface area contributed by atoms with Crippen LogP contribution in [0.15, 0.2) is 30.3 Å². The van der Waals surface area contributed by atoms with Crippen molar-refractivity contribution in [2.75, 3.05) is 13.2 Å². The third-order valence-corrected chi connectivity index (χ3v) is 3.58. The van der Waals surface area contributed by atoms with Crippen molar-refractivity contribution in [3.8, 4) is 0 Å². The van der Waals surface area contributed by atoms with Gasteiger partial charge in [-0.25, -0.2) is 0 Å². The Labute approximate surface area is 104 Å². The van der Waals surface area contributed by atoms with Gasteiger partial charge in [-0.3, -0.25) is 0 Å². The van der Waals surface area contributed by atoms with E-state index < -0.39 is 0 Å². The second-order valence-electron chi connectivity index (χ2n) is 4.94. The number of aliphatic hydroxyl groups is 1. The second-order valence-corrected chi connectivity index (χ2v) is 4.94. The first-order valence-corrected chi connectivity index (χ1v) is 6.65. The maximum atomic E-state index is 9.16. The van der Waals surface area contributed by atoms with E-state index in [2.05, 4.69) is 24.3 Å². The summed E-state index contributed by atoms with van der Waals surface area (Å²) in [6.45, 7) is 1.12. The molecule has 0 spiro atoms. The Morgan fingerprint density at radius 2 is 2.00 bits per heavy atom. The predicted molar refractivity (Wildman–Crippen MR) is 68.9 cm³/mol. The molecule has 1 aromatic rings. The first kappa shape index (κ1) is 12.6. The number of ether oxygens (including phenoxy) is 1. The minimum absolute atomic E-state index is 0.318. The van der Waals surface area contributed by atoms with Crippen LogP contribution < -0.4 is 0 Å². The largest absolute Gasteiger partial charge is 0.396 e. The van der Waals surface area contributed by atoms with Gasteiger partial charge in [0, 0.05) is 6.61 Å². The molecule has 0 unspecified atom stereocenters. The standard InChI is InChI=1S/C15H22O2/c16-12-14-7-4-8-15(11-14)17-10-9-13-5-2-1-3-6-13/h1-3,5-6,14-16H,4,7-12H2/t14-,15-/m1/s1. The molecule has 2 atom stereocenters. The lowest BCUT2D eigenvalue weighted by Crippen LogP contribution is -2.25. The van der Waals surface area contributed by atoms with E-state index in [0.717, 1.165) is 32.3 Å². The van der Waals surface area contributed by atoms with Gasteiger partial charge in [0.25, 0.3) is 0 Å². The van der Waals surface area contributed by atoms with Gasteiger partial charge in [0.1, 0.15) is 0 Å². The molecule has 0 bridgehead atoms. The summed E-state index contributed by atoms with van der Waals surface area (Å²) in [5.74, 6) is 0.463. The van der Waals surface area contributed by atoms with Gasteiger partial charge in [-0.05, 0) is 37.2 Å². The SMILES string of the molecule is OC[C@@H]1CCC[C@@H](OCCc2ccccc2)C1. The highest BCUT2D eigenvalue weighted by Gasteiger charge is 2.21. The van der Waals surface area contributed by atoms with E-state index in [1.54, 1.807) is 0 Å². The molecular formula is C15H22O2. The molecule has 17 heavy (non-hydrogen) atoms. The fraction of sp³-hybridized carbons (Fsp3) is 0.600. The van der Waals surface area contributed by atoms with E-state index in [4.69, 9.17) is 9.84 Å². The zero-order valence-electron chi connectivity index (χ0n) is 10.3. The summed E-state index contributed by atoms with van der Waals surface area (Å²) in [7, 11) is 0. The molecule has 1 aliphatic carbocycles. The lowest BCUT2D eigenvalue weighted by Gasteiger charge is -2.27. The van der Waals surface area contributed by atoms with Gasteiger partial charge in [0.2, 0.25) is 0 Å². The highest BCUT2D eigenvalue weighted by molar-refractivity contribution is 5.14. The van der Waals surface area contributed by atoms with Gasteiger partial charge in [-0.2, -0.15) is 0 Å². The molecule has 0 radical (unpaired) electrons. The van der Waals surface area contributed by atoms with Crippen LogP contribution in [0.1, 0.15) is 31.2 Å². The average molecular weight is 234 g/mol. The van der Waals surface area contributed by atoms with Crippen molar-refractivity contribution in [3.63, 3.8) is 0 Å². The van der Waals surface area contributed by atoms with Gasteiger partial charge in [-0.15, -0.1) is 0 Å². The summed E-state index contributed by atoms with van der Waals surface area (Å²) >= 11 is 0. The fourth-order valence-electron chi connectivity index (χ4n) is 2.55. The Morgan fingerprint density at radius 3 is 2.76 bits per heavy atom. The maximum absolute atomic E-state index is 9.16. The van der Waals surface area contributed by atoms with Crippen molar-refractivity contribution < 1.29 is 9.84 Å². The van der Waals surface area contributed by atoms with Crippen LogP contribution in [0, 0.1) is 5.92 Å². The highest BCUT2D eigenvalue weighted by Crippen LogP contribution is 2.25. The summed E-state index contributed by atoms with van der Waals surface area (Å²) in [4.78, 5) is 0. The third kappa shape index (κ3) is 4.14. The lowest BCUT2D eigenvalue weighted by atomic mass is 9.88. The van der Waals surface area contributed by atoms with Crippen molar-refractivity contribution in [2.45, 2.75) is 38.2 Å². The molecule has 0 aromatic heterocycles. The molecule has 0 aliphatic heterocycles. The summed E-state index contributed by atoms with van der Waals surface area (Å²) < 4.78 is 5.91. The first-order chi connectivity index (χ1) is 8.38. The molecule has 0 amide bonds. The van der Waals surface area contributed by atoms with E-state index in [1.165, 1.54) is 12.0 Å². The third-order valence-electron chi connectivity index (χ3n) is 3.58. The van der Waals surface area contributed by atoms with Gasteiger partial charge < -0.3 is 9.84 Å². The zero-order chi connectivity index (χ0) is 11.9. The van der Waals surface area contributed by atoms with Crippen molar-refractivity contribution >= 4 is 0 Å². The Balaban J connectivity index is 1.68. The normalized spacial score (nSPS) is 24.8. The monoisotopic (exact) mass is 234 g/mol. The molecule has 1 N–H and O–H groups in total. The summed E-state index contributed by atoms with van der Waals surface area (Å²) in [5, 5.41) is 9.16. The number of aliphatic hydroxyl groups excluding tert-OH is 1. The molecule has 0 heterocycles. The van der Waals surface area contributed by atoms with E-state index in [1.807, 2.05) is 6.07 Å². The van der Waals surface area contributed by atoms with Crippen molar-refractivity contribution in [1.29, 1.82) is 0 Å². The minimum atomic E-state index is 0.318. The van der Waals surface area contributed by atoms with Crippen LogP contribution in [0.2, 0.25) is 0 Å². The average Bonchev–Trinajstić information content (AvgIpc) is 2.40. The van der Waals surface area contributed by atoms with Gasteiger partial charge in [0.15, 0.2) is 0 Å². The maximum Gasteiger partial charge on any atom is 0.0578 e. The Hall–Kier alpha value is -0.860. The molecule has 2 rings (SSSR count). The van der Waals surface area contributed by atoms with Crippen molar-refractivity contribution in [1.82, 2.24) is 0 Å². The second kappa shape index (κ2) is 6.77. The molecule has 1 aliphatic rings. The van der Waals surface area contributed by atoms with Crippen LogP contribution >= 0.6 is 0 Å². The number of hydrogen-bond acceptors (Lipinski definition) is 2. The molecule has 94 valence electrons. The smallest absolute Gasteiger partial charge is 0.0578 e. The van der Waals surface area contributed by atoms with E-state index in [-0.39, 0.29) is 0 Å². The number of benzene rings is 1. The summed E-state index contributed by atoms with van der Waals surface area (Å²) in [6, 6.07) is 10.5. The minimum Gasteiger partial charge on any atom is -0.396 e. The molecule has 1 saturated carbocycles. The van der Waals surface area contributed by atoms with Crippen molar-refractivity contribution in [2.24, 2.45) is 5.92 Å².